The first-order valence-corrected chi connectivity index (χ1v) is 8.48. The summed E-state index contributed by atoms with van der Waals surface area (Å²) in [7, 11) is 1.03. The standard InChI is InChI=1S/C16H15F3N2O3S/c1-24-15(23)14(22)21-7-10(16(17,18)19)3-4-12(21)9-2-5-13-11(6-9)20-8-25-13/h2,5-6,8,10,12H,3-4,7H2,1H3. The van der Waals surface area contributed by atoms with Gasteiger partial charge in [0.1, 0.15) is 0 Å². The van der Waals surface area contributed by atoms with Crippen molar-refractivity contribution in [2.45, 2.75) is 25.1 Å². The van der Waals surface area contributed by atoms with Crippen LogP contribution < -0.4 is 0 Å². The topological polar surface area (TPSA) is 59.5 Å². The van der Waals surface area contributed by atoms with Crippen LogP contribution in [0.3, 0.4) is 0 Å². The van der Waals surface area contributed by atoms with Gasteiger partial charge in [-0.05, 0) is 30.5 Å². The summed E-state index contributed by atoms with van der Waals surface area (Å²) in [4.78, 5) is 29.0. The van der Waals surface area contributed by atoms with Crippen molar-refractivity contribution >= 4 is 33.4 Å². The number of esters is 1. The highest BCUT2D eigenvalue weighted by atomic mass is 32.1. The summed E-state index contributed by atoms with van der Waals surface area (Å²) >= 11 is 1.45. The molecule has 1 aromatic heterocycles. The van der Waals surface area contributed by atoms with Gasteiger partial charge in [-0.25, -0.2) is 9.78 Å². The molecule has 1 saturated heterocycles. The lowest BCUT2D eigenvalue weighted by Gasteiger charge is -2.39. The fourth-order valence-corrected chi connectivity index (χ4v) is 3.75. The molecule has 2 atom stereocenters. The molecular formula is C16H15F3N2O3S. The Morgan fingerprint density at radius 2 is 2.08 bits per heavy atom. The zero-order chi connectivity index (χ0) is 18.2. The van der Waals surface area contributed by atoms with Crippen LogP contribution in [-0.4, -0.2) is 41.6 Å². The number of amides is 1. The van der Waals surface area contributed by atoms with Crippen molar-refractivity contribution in [3.05, 3.63) is 29.3 Å². The Morgan fingerprint density at radius 3 is 2.76 bits per heavy atom. The van der Waals surface area contributed by atoms with E-state index in [1.807, 2.05) is 6.07 Å². The van der Waals surface area contributed by atoms with Gasteiger partial charge in [0.05, 0.1) is 34.8 Å². The van der Waals surface area contributed by atoms with Crippen LogP contribution in [0.1, 0.15) is 24.4 Å². The number of likely N-dealkylation sites (tertiary alicyclic amines) is 1. The third kappa shape index (κ3) is 3.46. The molecule has 2 aromatic rings. The van der Waals surface area contributed by atoms with E-state index >= 15 is 0 Å². The zero-order valence-electron chi connectivity index (χ0n) is 13.2. The van der Waals surface area contributed by atoms with E-state index in [2.05, 4.69) is 9.72 Å². The Morgan fingerprint density at radius 1 is 1.32 bits per heavy atom. The molecule has 0 radical (unpaired) electrons. The molecule has 0 N–H and O–H groups in total. The minimum atomic E-state index is -4.42. The number of fused-ring (bicyclic) bond motifs is 1. The monoisotopic (exact) mass is 372 g/mol. The van der Waals surface area contributed by atoms with Crippen molar-refractivity contribution in [1.82, 2.24) is 9.88 Å². The van der Waals surface area contributed by atoms with Crippen molar-refractivity contribution in [2.75, 3.05) is 13.7 Å². The van der Waals surface area contributed by atoms with Crippen molar-refractivity contribution in [2.24, 2.45) is 5.92 Å². The summed E-state index contributed by atoms with van der Waals surface area (Å²) in [5.74, 6) is -3.87. The molecule has 1 fully saturated rings. The van der Waals surface area contributed by atoms with Gasteiger partial charge >= 0.3 is 18.1 Å². The van der Waals surface area contributed by atoms with Gasteiger partial charge in [-0.2, -0.15) is 13.2 Å². The number of aromatic nitrogens is 1. The van der Waals surface area contributed by atoms with Gasteiger partial charge in [0, 0.05) is 6.54 Å². The second-order valence-electron chi connectivity index (χ2n) is 5.86. The molecule has 1 aromatic carbocycles. The van der Waals surface area contributed by atoms with E-state index in [0.29, 0.717) is 11.1 Å². The third-order valence-electron chi connectivity index (χ3n) is 4.40. The predicted octanol–water partition coefficient (Wildman–Crippen LogP) is 3.31. The van der Waals surface area contributed by atoms with Crippen LogP contribution in [0.2, 0.25) is 0 Å². The zero-order valence-corrected chi connectivity index (χ0v) is 14.1. The van der Waals surface area contributed by atoms with Crippen molar-refractivity contribution in [1.29, 1.82) is 0 Å². The molecule has 1 amide bonds. The van der Waals surface area contributed by atoms with Crippen molar-refractivity contribution in [3.8, 4) is 0 Å². The molecular weight excluding hydrogens is 357 g/mol. The number of ether oxygens (including phenoxy) is 1. The molecule has 5 nitrogen and oxygen atoms in total. The summed E-state index contributed by atoms with van der Waals surface area (Å²) in [5, 5.41) is 0. The Balaban J connectivity index is 1.94. The maximum Gasteiger partial charge on any atom is 0.396 e. The number of hydrogen-bond donors (Lipinski definition) is 0. The van der Waals surface area contributed by atoms with Gasteiger partial charge in [0.15, 0.2) is 0 Å². The Bertz CT molecular complexity index is 805. The molecule has 25 heavy (non-hydrogen) atoms. The van der Waals surface area contributed by atoms with E-state index in [0.717, 1.165) is 16.7 Å². The molecule has 0 aliphatic carbocycles. The average molecular weight is 372 g/mol. The fourth-order valence-electron chi connectivity index (χ4n) is 3.10. The van der Waals surface area contributed by atoms with E-state index < -0.39 is 36.6 Å². The summed E-state index contributed by atoms with van der Waals surface area (Å²) < 4.78 is 44.6. The highest BCUT2D eigenvalue weighted by Crippen LogP contribution is 2.41. The van der Waals surface area contributed by atoms with Crippen LogP contribution in [0.4, 0.5) is 13.2 Å². The maximum absolute atomic E-state index is 13.1. The van der Waals surface area contributed by atoms with E-state index in [1.54, 1.807) is 17.6 Å². The van der Waals surface area contributed by atoms with Crippen LogP contribution in [-0.2, 0) is 14.3 Å². The quantitative estimate of drug-likeness (QED) is 0.569. The summed E-state index contributed by atoms with van der Waals surface area (Å²) in [6.07, 6.45) is -4.41. The number of carbonyl (C=O) groups is 2. The van der Waals surface area contributed by atoms with Gasteiger partial charge in [-0.3, -0.25) is 4.79 Å². The highest BCUT2D eigenvalue weighted by Gasteiger charge is 2.46. The van der Waals surface area contributed by atoms with Crippen molar-refractivity contribution < 1.29 is 27.5 Å². The van der Waals surface area contributed by atoms with E-state index in [4.69, 9.17) is 0 Å². The van der Waals surface area contributed by atoms with Crippen LogP contribution in [0.5, 0.6) is 0 Å². The lowest BCUT2D eigenvalue weighted by atomic mass is 9.88. The molecule has 1 aliphatic heterocycles. The minimum absolute atomic E-state index is 0.103. The largest absolute Gasteiger partial charge is 0.462 e. The average Bonchev–Trinajstić information content (AvgIpc) is 3.06. The lowest BCUT2D eigenvalue weighted by Crippen LogP contribution is -2.48. The number of piperidine rings is 1. The molecule has 0 saturated carbocycles. The van der Waals surface area contributed by atoms with Gasteiger partial charge < -0.3 is 9.64 Å². The van der Waals surface area contributed by atoms with Crippen LogP contribution in [0, 0.1) is 5.92 Å². The first-order valence-electron chi connectivity index (χ1n) is 7.60. The number of nitrogens with zero attached hydrogens (tertiary/aromatic N) is 2. The second kappa shape index (κ2) is 6.62. The van der Waals surface area contributed by atoms with Crippen LogP contribution in [0.25, 0.3) is 10.2 Å². The first kappa shape index (κ1) is 17.7. The van der Waals surface area contributed by atoms with Crippen molar-refractivity contribution in [3.63, 3.8) is 0 Å². The number of carbonyl (C=O) groups excluding carboxylic acids is 2. The number of alkyl halides is 3. The summed E-state index contributed by atoms with van der Waals surface area (Å²) in [6.45, 7) is -0.558. The number of rotatable bonds is 1. The van der Waals surface area contributed by atoms with E-state index in [1.165, 1.54) is 11.3 Å². The molecule has 9 heteroatoms. The second-order valence-corrected chi connectivity index (χ2v) is 6.75. The Labute approximate surface area is 145 Å². The highest BCUT2D eigenvalue weighted by molar-refractivity contribution is 7.16. The number of methoxy groups -OCH3 is 1. The SMILES string of the molecule is COC(=O)C(=O)N1CC(C(F)(F)F)CCC1c1ccc2scnc2c1. The number of hydrogen-bond acceptors (Lipinski definition) is 5. The van der Waals surface area contributed by atoms with Crippen LogP contribution in [0.15, 0.2) is 23.7 Å². The number of thiazole rings is 1. The van der Waals surface area contributed by atoms with E-state index in [9.17, 15) is 22.8 Å². The Hall–Kier alpha value is -2.16. The van der Waals surface area contributed by atoms with Gasteiger partial charge in [0.25, 0.3) is 0 Å². The summed E-state index contributed by atoms with van der Waals surface area (Å²) in [6, 6.07) is 4.72. The molecule has 0 bridgehead atoms. The molecule has 2 unspecified atom stereocenters. The normalized spacial score (nSPS) is 21.4. The number of benzene rings is 1. The Kier molecular flexibility index (Phi) is 4.68. The number of halogens is 3. The predicted molar refractivity (Wildman–Crippen MR) is 84.9 cm³/mol. The van der Waals surface area contributed by atoms with Gasteiger partial charge in [0.2, 0.25) is 0 Å². The van der Waals surface area contributed by atoms with Crippen LogP contribution >= 0.6 is 11.3 Å². The lowest BCUT2D eigenvalue weighted by molar-refractivity contribution is -0.194. The third-order valence-corrected chi connectivity index (χ3v) is 5.21. The molecule has 0 spiro atoms. The molecule has 1 aliphatic rings. The molecule has 134 valence electrons. The smallest absolute Gasteiger partial charge is 0.396 e. The minimum Gasteiger partial charge on any atom is -0.462 e. The fraction of sp³-hybridized carbons (Fsp3) is 0.438. The van der Waals surface area contributed by atoms with Gasteiger partial charge in [-0.15, -0.1) is 11.3 Å². The molecule has 2 heterocycles. The molecule has 3 rings (SSSR count). The van der Waals surface area contributed by atoms with E-state index in [-0.39, 0.29) is 12.8 Å². The first-order chi connectivity index (χ1) is 11.8. The van der Waals surface area contributed by atoms with Gasteiger partial charge in [-0.1, -0.05) is 6.07 Å². The maximum atomic E-state index is 13.1. The summed E-state index contributed by atoms with van der Waals surface area (Å²) in [5.41, 5.74) is 3.05.